The molecule has 1 amide bonds. The second-order valence-electron chi connectivity index (χ2n) is 7.37. The first-order valence-corrected chi connectivity index (χ1v) is 10.8. The van der Waals surface area contributed by atoms with Crippen molar-refractivity contribution in [2.24, 2.45) is 5.92 Å². The van der Waals surface area contributed by atoms with Crippen LogP contribution in [0.2, 0.25) is 0 Å². The van der Waals surface area contributed by atoms with Gasteiger partial charge < -0.3 is 10.4 Å². The zero-order valence-corrected chi connectivity index (χ0v) is 16.7. The van der Waals surface area contributed by atoms with Gasteiger partial charge in [0.25, 0.3) is 0 Å². The maximum Gasteiger partial charge on any atom is 0.326 e. The summed E-state index contributed by atoms with van der Waals surface area (Å²) >= 11 is 0. The Balaban J connectivity index is 2.00. The molecule has 0 unspecified atom stereocenters. The third-order valence-electron chi connectivity index (χ3n) is 4.58. The number of rotatable bonds is 8. The molecule has 0 bridgehead atoms. The van der Waals surface area contributed by atoms with Crippen molar-refractivity contribution in [3.05, 3.63) is 29.8 Å². The highest BCUT2D eigenvalue weighted by Gasteiger charge is 2.26. The van der Waals surface area contributed by atoms with Gasteiger partial charge in [-0.2, -0.15) is 4.31 Å². The zero-order chi connectivity index (χ0) is 20.0. The summed E-state index contributed by atoms with van der Waals surface area (Å²) in [4.78, 5) is 23.6. The third-order valence-corrected chi connectivity index (χ3v) is 6.49. The van der Waals surface area contributed by atoms with Gasteiger partial charge in [0.2, 0.25) is 15.9 Å². The molecule has 0 aromatic heterocycles. The standard InChI is InChI=1S/C19H28N2O5S/c1-14(2)12-17(19(23)24)20-18(22)13-15-6-8-16(9-7-15)27(25,26)21-10-4-3-5-11-21/h6-9,14,17H,3-5,10-13H2,1-2H3,(H,20,22)(H,23,24)/t17-/m1/s1. The van der Waals surface area contributed by atoms with Crippen molar-refractivity contribution in [3.8, 4) is 0 Å². The number of carboxylic acids is 1. The van der Waals surface area contributed by atoms with Crippen molar-refractivity contribution in [1.29, 1.82) is 0 Å². The molecule has 1 fully saturated rings. The largest absolute Gasteiger partial charge is 0.480 e. The smallest absolute Gasteiger partial charge is 0.326 e. The van der Waals surface area contributed by atoms with Gasteiger partial charge in [0.1, 0.15) is 6.04 Å². The second kappa shape index (κ2) is 9.32. The van der Waals surface area contributed by atoms with Crippen LogP contribution in [-0.4, -0.2) is 48.8 Å². The van der Waals surface area contributed by atoms with Crippen molar-refractivity contribution in [2.45, 2.75) is 56.9 Å². The van der Waals surface area contributed by atoms with Crippen molar-refractivity contribution >= 4 is 21.9 Å². The maximum atomic E-state index is 12.6. The molecular formula is C19H28N2O5S. The predicted molar refractivity (Wildman–Crippen MR) is 102 cm³/mol. The van der Waals surface area contributed by atoms with E-state index in [1.54, 1.807) is 12.1 Å². The molecule has 7 nitrogen and oxygen atoms in total. The lowest BCUT2D eigenvalue weighted by atomic mass is 10.0. The van der Waals surface area contributed by atoms with Crippen molar-refractivity contribution in [1.82, 2.24) is 9.62 Å². The van der Waals surface area contributed by atoms with Crippen LogP contribution in [0.5, 0.6) is 0 Å². The fraction of sp³-hybridized carbons (Fsp3) is 0.579. The van der Waals surface area contributed by atoms with Crippen LogP contribution >= 0.6 is 0 Å². The molecular weight excluding hydrogens is 368 g/mol. The van der Waals surface area contributed by atoms with Gasteiger partial charge in [0, 0.05) is 13.1 Å². The van der Waals surface area contributed by atoms with Crippen LogP contribution in [-0.2, 0) is 26.0 Å². The molecule has 1 saturated heterocycles. The van der Waals surface area contributed by atoms with Crippen LogP contribution in [0.1, 0.15) is 45.1 Å². The van der Waals surface area contributed by atoms with Crippen LogP contribution in [0.15, 0.2) is 29.2 Å². The molecule has 1 atom stereocenters. The SMILES string of the molecule is CC(C)C[C@@H](NC(=O)Cc1ccc(S(=O)(=O)N2CCCCC2)cc1)C(=O)O. The minimum Gasteiger partial charge on any atom is -0.480 e. The average molecular weight is 397 g/mol. The molecule has 27 heavy (non-hydrogen) atoms. The molecule has 150 valence electrons. The summed E-state index contributed by atoms with van der Waals surface area (Å²) in [6, 6.07) is 5.31. The molecule has 0 aliphatic carbocycles. The first-order chi connectivity index (χ1) is 12.7. The van der Waals surface area contributed by atoms with E-state index in [0.717, 1.165) is 19.3 Å². The number of benzene rings is 1. The van der Waals surface area contributed by atoms with E-state index in [1.807, 2.05) is 13.8 Å². The van der Waals surface area contributed by atoms with E-state index in [1.165, 1.54) is 16.4 Å². The number of aliphatic carboxylic acids is 1. The molecule has 0 saturated carbocycles. The number of amides is 1. The Labute approximate surface area is 160 Å². The molecule has 1 aromatic carbocycles. The van der Waals surface area contributed by atoms with E-state index in [2.05, 4.69) is 5.32 Å². The number of hydrogen-bond donors (Lipinski definition) is 2. The van der Waals surface area contributed by atoms with Gasteiger partial charge >= 0.3 is 5.97 Å². The number of nitrogens with zero attached hydrogens (tertiary/aromatic N) is 1. The Bertz CT molecular complexity index is 753. The summed E-state index contributed by atoms with van der Waals surface area (Å²) in [6.45, 7) is 4.87. The monoisotopic (exact) mass is 396 g/mol. The number of piperidine rings is 1. The number of nitrogens with one attached hydrogen (secondary N) is 1. The number of carboxylic acid groups (broad SMARTS) is 1. The Morgan fingerprint density at radius 2 is 1.70 bits per heavy atom. The Hall–Kier alpha value is -1.93. The van der Waals surface area contributed by atoms with Gasteiger partial charge in [-0.15, -0.1) is 0 Å². The van der Waals surface area contributed by atoms with Gasteiger partial charge in [0.15, 0.2) is 0 Å². The lowest BCUT2D eigenvalue weighted by molar-refractivity contribution is -0.142. The highest BCUT2D eigenvalue weighted by molar-refractivity contribution is 7.89. The van der Waals surface area contributed by atoms with E-state index >= 15 is 0 Å². The predicted octanol–water partition coefficient (Wildman–Crippen LogP) is 2.02. The molecule has 1 heterocycles. The van der Waals surface area contributed by atoms with Gasteiger partial charge in [-0.1, -0.05) is 32.4 Å². The van der Waals surface area contributed by atoms with Gasteiger partial charge in [0.05, 0.1) is 11.3 Å². The first-order valence-electron chi connectivity index (χ1n) is 9.31. The molecule has 1 aliphatic heterocycles. The molecule has 2 rings (SSSR count). The van der Waals surface area contributed by atoms with E-state index < -0.39 is 27.9 Å². The van der Waals surface area contributed by atoms with Crippen LogP contribution in [0.3, 0.4) is 0 Å². The molecule has 1 aromatic rings. The summed E-state index contributed by atoms with van der Waals surface area (Å²) in [7, 11) is -3.50. The van der Waals surface area contributed by atoms with Crippen LogP contribution < -0.4 is 5.32 Å². The number of carbonyl (C=O) groups is 2. The highest BCUT2D eigenvalue weighted by Crippen LogP contribution is 2.21. The Morgan fingerprint density at radius 1 is 1.11 bits per heavy atom. The Morgan fingerprint density at radius 3 is 2.22 bits per heavy atom. The van der Waals surface area contributed by atoms with E-state index in [4.69, 9.17) is 0 Å². The zero-order valence-electron chi connectivity index (χ0n) is 15.8. The molecule has 8 heteroatoms. The number of hydrogen-bond acceptors (Lipinski definition) is 4. The summed E-state index contributed by atoms with van der Waals surface area (Å²) in [6.07, 6.45) is 3.16. The summed E-state index contributed by atoms with van der Waals surface area (Å²) in [5.74, 6) is -1.31. The highest BCUT2D eigenvalue weighted by atomic mass is 32.2. The molecule has 0 spiro atoms. The van der Waals surface area contributed by atoms with Crippen LogP contribution in [0, 0.1) is 5.92 Å². The van der Waals surface area contributed by atoms with E-state index in [9.17, 15) is 23.1 Å². The topological polar surface area (TPSA) is 104 Å². The Kier molecular flexibility index (Phi) is 7.38. The van der Waals surface area contributed by atoms with Crippen LogP contribution in [0.4, 0.5) is 0 Å². The second-order valence-corrected chi connectivity index (χ2v) is 9.31. The normalized spacial score (nSPS) is 16.9. The minimum atomic E-state index is -3.50. The lowest BCUT2D eigenvalue weighted by Crippen LogP contribution is -2.42. The van der Waals surface area contributed by atoms with E-state index in [0.29, 0.717) is 25.1 Å². The molecule has 2 N–H and O–H groups in total. The number of carbonyl (C=O) groups excluding carboxylic acids is 1. The minimum absolute atomic E-state index is 0.00587. The van der Waals surface area contributed by atoms with Gasteiger partial charge in [-0.05, 0) is 42.9 Å². The molecule has 1 aliphatic rings. The third kappa shape index (κ3) is 6.04. The van der Waals surface area contributed by atoms with Crippen molar-refractivity contribution in [2.75, 3.05) is 13.1 Å². The van der Waals surface area contributed by atoms with Crippen molar-refractivity contribution in [3.63, 3.8) is 0 Å². The lowest BCUT2D eigenvalue weighted by Gasteiger charge is -2.25. The fourth-order valence-electron chi connectivity index (χ4n) is 3.16. The van der Waals surface area contributed by atoms with Gasteiger partial charge in [-0.3, -0.25) is 4.79 Å². The summed E-state index contributed by atoms with van der Waals surface area (Å²) in [5.41, 5.74) is 0.638. The maximum absolute atomic E-state index is 12.6. The quantitative estimate of drug-likeness (QED) is 0.700. The molecule has 0 radical (unpaired) electrons. The number of sulfonamides is 1. The van der Waals surface area contributed by atoms with E-state index in [-0.39, 0.29) is 17.2 Å². The summed E-state index contributed by atoms with van der Waals surface area (Å²) < 4.78 is 26.8. The van der Waals surface area contributed by atoms with Crippen LogP contribution in [0.25, 0.3) is 0 Å². The van der Waals surface area contributed by atoms with Crippen molar-refractivity contribution < 1.29 is 23.1 Å². The van der Waals surface area contributed by atoms with Gasteiger partial charge in [-0.25, -0.2) is 13.2 Å². The summed E-state index contributed by atoms with van der Waals surface area (Å²) in [5, 5.41) is 11.7. The fourth-order valence-corrected chi connectivity index (χ4v) is 4.67. The first kappa shape index (κ1) is 21.4. The average Bonchev–Trinajstić information content (AvgIpc) is 2.62.